The first-order chi connectivity index (χ1) is 11.5. The molecule has 6 nitrogen and oxygen atoms in total. The molecule has 1 aromatic heterocycles. The van der Waals surface area contributed by atoms with E-state index >= 15 is 0 Å². The van der Waals surface area contributed by atoms with Crippen LogP contribution in [0.15, 0.2) is 28.9 Å². The molecule has 0 aliphatic carbocycles. The number of halogens is 1. The molecule has 1 fully saturated rings. The van der Waals surface area contributed by atoms with Crippen LogP contribution < -0.4 is 5.32 Å². The number of furan rings is 1. The van der Waals surface area contributed by atoms with E-state index in [1.165, 1.54) is 18.4 Å². The number of nitrogens with zero attached hydrogens (tertiary/aromatic N) is 1. The van der Waals surface area contributed by atoms with E-state index in [-0.39, 0.29) is 24.8 Å². The summed E-state index contributed by atoms with van der Waals surface area (Å²) in [5.74, 6) is -1.15. The molecule has 0 bridgehead atoms. The Labute approximate surface area is 139 Å². The minimum Gasteiger partial charge on any atom is -0.464 e. The maximum atomic E-state index is 14.1. The highest BCUT2D eigenvalue weighted by Crippen LogP contribution is 2.24. The Morgan fingerprint density at radius 3 is 3.04 bits per heavy atom. The number of fused-ring (bicyclic) bond motifs is 1. The molecule has 3 rings (SSSR count). The van der Waals surface area contributed by atoms with Crippen molar-refractivity contribution in [3.8, 4) is 0 Å². The minimum absolute atomic E-state index is 0.0539. The number of carbonyl (C=O) groups excluding carboxylic acids is 1. The topological polar surface area (TPSA) is 74.9 Å². The Kier molecular flexibility index (Phi) is 4.58. The number of likely N-dealkylation sites (N-methyl/N-ethyl adjacent to an activating group) is 1. The van der Waals surface area contributed by atoms with E-state index in [9.17, 15) is 14.3 Å². The number of ether oxygens (including phenoxy) is 1. The fourth-order valence-electron chi connectivity index (χ4n) is 3.07. The van der Waals surface area contributed by atoms with E-state index in [4.69, 9.17) is 9.15 Å². The van der Waals surface area contributed by atoms with Crippen molar-refractivity contribution in [3.63, 3.8) is 0 Å². The number of rotatable bonds is 4. The van der Waals surface area contributed by atoms with Crippen molar-refractivity contribution in [2.24, 2.45) is 0 Å². The van der Waals surface area contributed by atoms with Crippen LogP contribution in [-0.2, 0) is 4.74 Å². The number of hydrogen-bond donors (Lipinski definition) is 2. The molecule has 1 amide bonds. The zero-order chi connectivity index (χ0) is 17.3. The van der Waals surface area contributed by atoms with Crippen molar-refractivity contribution in [2.75, 3.05) is 33.4 Å². The van der Waals surface area contributed by atoms with Crippen LogP contribution in [0.25, 0.3) is 11.0 Å². The summed E-state index contributed by atoms with van der Waals surface area (Å²) in [6, 6.07) is 4.37. The first-order valence-corrected chi connectivity index (χ1v) is 7.84. The summed E-state index contributed by atoms with van der Waals surface area (Å²) in [6.45, 7) is 2.82. The molecule has 1 aliphatic heterocycles. The van der Waals surface area contributed by atoms with Crippen molar-refractivity contribution >= 4 is 16.9 Å². The molecular formula is C17H21FN2O4. The first kappa shape index (κ1) is 16.9. The van der Waals surface area contributed by atoms with Gasteiger partial charge in [0.1, 0.15) is 11.4 Å². The highest BCUT2D eigenvalue weighted by Gasteiger charge is 2.40. The van der Waals surface area contributed by atoms with E-state index in [1.807, 2.05) is 18.9 Å². The molecule has 1 aromatic carbocycles. The summed E-state index contributed by atoms with van der Waals surface area (Å²) in [6.07, 6.45) is 1.42. The van der Waals surface area contributed by atoms with E-state index in [0.717, 1.165) is 0 Å². The Morgan fingerprint density at radius 2 is 2.29 bits per heavy atom. The van der Waals surface area contributed by atoms with Gasteiger partial charge in [0.25, 0.3) is 5.91 Å². The third-order valence-corrected chi connectivity index (χ3v) is 4.82. The van der Waals surface area contributed by atoms with Crippen LogP contribution in [0, 0.1) is 5.82 Å². The number of aliphatic hydroxyl groups is 1. The zero-order valence-corrected chi connectivity index (χ0v) is 13.7. The van der Waals surface area contributed by atoms with Gasteiger partial charge in [0, 0.05) is 18.0 Å². The van der Waals surface area contributed by atoms with Crippen molar-refractivity contribution < 1.29 is 23.4 Å². The third-order valence-electron chi connectivity index (χ3n) is 4.82. The molecule has 2 N–H and O–H groups in total. The van der Waals surface area contributed by atoms with Crippen LogP contribution in [0.2, 0.25) is 0 Å². The monoisotopic (exact) mass is 336 g/mol. The molecule has 1 aliphatic rings. The number of aliphatic hydroxyl groups excluding tert-OH is 1. The fraction of sp³-hybridized carbons (Fsp3) is 0.471. The first-order valence-electron chi connectivity index (χ1n) is 7.84. The summed E-state index contributed by atoms with van der Waals surface area (Å²) in [5, 5.41) is 13.0. The second-order valence-electron chi connectivity index (χ2n) is 6.29. The zero-order valence-electron chi connectivity index (χ0n) is 13.7. The summed E-state index contributed by atoms with van der Waals surface area (Å²) in [5.41, 5.74) is -0.333. The summed E-state index contributed by atoms with van der Waals surface area (Å²) in [4.78, 5) is 14.5. The fourth-order valence-corrected chi connectivity index (χ4v) is 3.07. The average Bonchev–Trinajstić information content (AvgIpc) is 3.04. The predicted octanol–water partition coefficient (Wildman–Crippen LogP) is 1.38. The van der Waals surface area contributed by atoms with Crippen molar-refractivity contribution in [2.45, 2.75) is 18.5 Å². The van der Waals surface area contributed by atoms with Gasteiger partial charge in [-0.05, 0) is 32.2 Å². The Balaban J connectivity index is 1.81. The lowest BCUT2D eigenvalue weighted by Crippen LogP contribution is -2.65. The van der Waals surface area contributed by atoms with Gasteiger partial charge in [-0.25, -0.2) is 4.39 Å². The SMILES string of the molecule is C[C@@H]1COC[C@@](CO)(CNC(=O)c2c(F)ccc3occc23)N1C. The largest absolute Gasteiger partial charge is 0.464 e. The van der Waals surface area contributed by atoms with Gasteiger partial charge in [-0.1, -0.05) is 0 Å². The smallest absolute Gasteiger partial charge is 0.255 e. The van der Waals surface area contributed by atoms with Gasteiger partial charge in [-0.2, -0.15) is 0 Å². The Morgan fingerprint density at radius 1 is 1.50 bits per heavy atom. The summed E-state index contributed by atoms with van der Waals surface area (Å²) >= 11 is 0. The highest BCUT2D eigenvalue weighted by molar-refractivity contribution is 6.06. The van der Waals surface area contributed by atoms with Gasteiger partial charge in [0.15, 0.2) is 0 Å². The average molecular weight is 336 g/mol. The van der Waals surface area contributed by atoms with Crippen LogP contribution in [0.1, 0.15) is 17.3 Å². The van der Waals surface area contributed by atoms with Crippen LogP contribution >= 0.6 is 0 Å². The lowest BCUT2D eigenvalue weighted by Gasteiger charge is -2.47. The van der Waals surface area contributed by atoms with Gasteiger partial charge >= 0.3 is 0 Å². The second-order valence-corrected chi connectivity index (χ2v) is 6.29. The number of amides is 1. The number of carbonyl (C=O) groups is 1. The molecule has 0 unspecified atom stereocenters. The quantitative estimate of drug-likeness (QED) is 0.882. The maximum absolute atomic E-state index is 14.1. The van der Waals surface area contributed by atoms with Gasteiger partial charge < -0.3 is 19.6 Å². The molecule has 1 saturated heterocycles. The standard InChI is InChI=1S/C17H21FN2O4/c1-11-7-23-10-17(9-21,20(11)2)8-19-16(22)15-12-5-6-24-14(12)4-3-13(15)18/h3-6,11,21H,7-10H2,1-2H3,(H,19,22)/t11-,17+/m1/s1. The second kappa shape index (κ2) is 6.51. The lowest BCUT2D eigenvalue weighted by molar-refractivity contribution is -0.105. The molecule has 7 heteroatoms. The van der Waals surface area contributed by atoms with Crippen LogP contribution in [0.5, 0.6) is 0 Å². The molecule has 24 heavy (non-hydrogen) atoms. The summed E-state index contributed by atoms with van der Waals surface area (Å²) in [7, 11) is 1.88. The van der Waals surface area contributed by atoms with E-state index in [0.29, 0.717) is 24.2 Å². The highest BCUT2D eigenvalue weighted by atomic mass is 19.1. The van der Waals surface area contributed by atoms with Crippen LogP contribution in [0.3, 0.4) is 0 Å². The molecule has 0 spiro atoms. The molecule has 2 heterocycles. The number of hydrogen-bond acceptors (Lipinski definition) is 5. The van der Waals surface area contributed by atoms with Crippen molar-refractivity contribution in [1.82, 2.24) is 10.2 Å². The van der Waals surface area contributed by atoms with Gasteiger partial charge in [0.05, 0.1) is 37.2 Å². The van der Waals surface area contributed by atoms with Crippen LogP contribution in [0.4, 0.5) is 4.39 Å². The predicted molar refractivity (Wildman–Crippen MR) is 86.4 cm³/mol. The van der Waals surface area contributed by atoms with E-state index in [2.05, 4.69) is 5.32 Å². The van der Waals surface area contributed by atoms with Gasteiger partial charge in [-0.3, -0.25) is 9.69 Å². The van der Waals surface area contributed by atoms with Gasteiger partial charge in [0.2, 0.25) is 0 Å². The van der Waals surface area contributed by atoms with E-state index < -0.39 is 17.3 Å². The minimum atomic E-state index is -0.728. The Hall–Kier alpha value is -1.96. The lowest BCUT2D eigenvalue weighted by atomic mass is 9.95. The molecule has 0 radical (unpaired) electrons. The van der Waals surface area contributed by atoms with Crippen molar-refractivity contribution in [1.29, 1.82) is 0 Å². The van der Waals surface area contributed by atoms with Gasteiger partial charge in [-0.15, -0.1) is 0 Å². The number of nitrogens with one attached hydrogen (secondary N) is 1. The molecule has 0 saturated carbocycles. The van der Waals surface area contributed by atoms with Crippen LogP contribution in [-0.4, -0.2) is 60.9 Å². The molecular weight excluding hydrogens is 315 g/mol. The number of benzene rings is 1. The normalized spacial score (nSPS) is 25.1. The Bertz CT molecular complexity index is 747. The van der Waals surface area contributed by atoms with Crippen molar-refractivity contribution in [3.05, 3.63) is 35.8 Å². The van der Waals surface area contributed by atoms with E-state index in [1.54, 1.807) is 6.07 Å². The summed E-state index contributed by atoms with van der Waals surface area (Å²) < 4.78 is 24.9. The maximum Gasteiger partial charge on any atom is 0.255 e. The third kappa shape index (κ3) is 2.79. The molecule has 2 atom stereocenters. The number of morpholine rings is 1. The molecule has 130 valence electrons. The molecule has 2 aromatic rings.